The van der Waals surface area contributed by atoms with Crippen LogP contribution in [0.25, 0.3) is 0 Å². The van der Waals surface area contributed by atoms with Gasteiger partial charge in [-0.15, -0.1) is 0 Å². The van der Waals surface area contributed by atoms with E-state index in [4.69, 9.17) is 14.9 Å². The molecule has 1 saturated heterocycles. The SMILES string of the molecule is CCOC(=O)c1cc(C(=O)N2CCN(S(=O)(=O)c3ccc(C(N)=O)o3)CC2)cc([N+](=O)[O-])c1. The van der Waals surface area contributed by atoms with E-state index in [1.54, 1.807) is 6.92 Å². The number of esters is 1. The van der Waals surface area contributed by atoms with Gasteiger partial charge in [-0.25, -0.2) is 13.2 Å². The Morgan fingerprint density at radius 2 is 1.76 bits per heavy atom. The number of nitrogens with two attached hydrogens (primary N) is 1. The first-order valence-corrected chi connectivity index (χ1v) is 11.1. The van der Waals surface area contributed by atoms with Crippen molar-refractivity contribution >= 4 is 33.5 Å². The van der Waals surface area contributed by atoms with Crippen LogP contribution >= 0.6 is 0 Å². The zero-order chi connectivity index (χ0) is 24.3. The highest BCUT2D eigenvalue weighted by atomic mass is 32.2. The summed E-state index contributed by atoms with van der Waals surface area (Å²) in [6.07, 6.45) is 0. The second-order valence-corrected chi connectivity index (χ2v) is 8.79. The van der Waals surface area contributed by atoms with Gasteiger partial charge in [0.25, 0.3) is 27.5 Å². The lowest BCUT2D eigenvalue weighted by Gasteiger charge is -2.33. The first-order chi connectivity index (χ1) is 15.5. The average molecular weight is 480 g/mol. The van der Waals surface area contributed by atoms with Gasteiger partial charge in [0.05, 0.1) is 17.1 Å². The van der Waals surface area contributed by atoms with Crippen molar-refractivity contribution in [1.82, 2.24) is 9.21 Å². The van der Waals surface area contributed by atoms with Crippen molar-refractivity contribution in [1.29, 1.82) is 0 Å². The van der Waals surface area contributed by atoms with E-state index in [1.165, 1.54) is 11.0 Å². The molecule has 1 aromatic heterocycles. The fourth-order valence-corrected chi connectivity index (χ4v) is 4.54. The molecule has 1 fully saturated rings. The van der Waals surface area contributed by atoms with Crippen LogP contribution in [0.4, 0.5) is 5.69 Å². The zero-order valence-corrected chi connectivity index (χ0v) is 18.2. The number of non-ortho nitro benzene ring substituents is 1. The van der Waals surface area contributed by atoms with E-state index in [0.717, 1.165) is 28.6 Å². The maximum Gasteiger partial charge on any atom is 0.338 e. The summed E-state index contributed by atoms with van der Waals surface area (Å²) in [6.45, 7) is 1.43. The van der Waals surface area contributed by atoms with Crippen LogP contribution < -0.4 is 5.73 Å². The summed E-state index contributed by atoms with van der Waals surface area (Å²) in [5.74, 6) is -2.62. The Bertz CT molecular complexity index is 1210. The highest BCUT2D eigenvalue weighted by Crippen LogP contribution is 2.23. The number of ether oxygens (including phenoxy) is 1. The molecule has 2 amide bonds. The first kappa shape index (κ1) is 23.9. The fraction of sp³-hybridized carbons (Fsp3) is 0.316. The van der Waals surface area contributed by atoms with Crippen LogP contribution in [0.3, 0.4) is 0 Å². The van der Waals surface area contributed by atoms with Crippen LogP contribution in [-0.2, 0) is 14.8 Å². The van der Waals surface area contributed by atoms with Crippen molar-refractivity contribution in [2.45, 2.75) is 12.0 Å². The van der Waals surface area contributed by atoms with Gasteiger partial charge in [0.1, 0.15) is 0 Å². The smallest absolute Gasteiger partial charge is 0.338 e. The number of furan rings is 1. The molecule has 3 rings (SSSR count). The Kier molecular flexibility index (Phi) is 6.78. The van der Waals surface area contributed by atoms with Crippen LogP contribution in [-0.4, -0.2) is 73.1 Å². The van der Waals surface area contributed by atoms with E-state index in [1.807, 2.05) is 0 Å². The van der Waals surface area contributed by atoms with Gasteiger partial charge < -0.3 is 19.8 Å². The number of rotatable bonds is 7. The van der Waals surface area contributed by atoms with Crippen molar-refractivity contribution in [3.8, 4) is 0 Å². The lowest BCUT2D eigenvalue weighted by molar-refractivity contribution is -0.384. The predicted molar refractivity (Wildman–Crippen MR) is 111 cm³/mol. The monoisotopic (exact) mass is 480 g/mol. The Morgan fingerprint density at radius 1 is 1.12 bits per heavy atom. The molecule has 0 aliphatic carbocycles. The zero-order valence-electron chi connectivity index (χ0n) is 17.4. The lowest BCUT2D eigenvalue weighted by atomic mass is 10.1. The van der Waals surface area contributed by atoms with E-state index in [9.17, 15) is 32.9 Å². The summed E-state index contributed by atoms with van der Waals surface area (Å²) in [5, 5.41) is 10.8. The molecule has 14 heteroatoms. The number of hydrogen-bond donors (Lipinski definition) is 1. The molecule has 0 radical (unpaired) electrons. The van der Waals surface area contributed by atoms with Gasteiger partial charge in [-0.3, -0.25) is 19.7 Å². The third-order valence-electron chi connectivity index (χ3n) is 4.83. The fourth-order valence-electron chi connectivity index (χ4n) is 3.20. The van der Waals surface area contributed by atoms with Crippen molar-refractivity contribution < 1.29 is 36.9 Å². The molecule has 2 N–H and O–H groups in total. The summed E-state index contributed by atoms with van der Waals surface area (Å²) in [5.41, 5.74) is 4.39. The molecule has 13 nitrogen and oxygen atoms in total. The molecule has 0 unspecified atom stereocenters. The van der Waals surface area contributed by atoms with Crippen LogP contribution in [0, 0.1) is 10.1 Å². The van der Waals surface area contributed by atoms with E-state index >= 15 is 0 Å². The Labute approximate surface area is 187 Å². The van der Waals surface area contributed by atoms with Crippen LogP contribution in [0.2, 0.25) is 0 Å². The summed E-state index contributed by atoms with van der Waals surface area (Å²) < 4.78 is 36.4. The van der Waals surface area contributed by atoms with Crippen LogP contribution in [0.5, 0.6) is 0 Å². The maximum absolute atomic E-state index is 12.9. The number of primary amides is 1. The number of benzene rings is 1. The predicted octanol–water partition coefficient (Wildman–Crippen LogP) is 0.610. The van der Waals surface area contributed by atoms with Crippen molar-refractivity contribution in [3.05, 3.63) is 57.3 Å². The molecule has 2 heterocycles. The third-order valence-corrected chi connectivity index (χ3v) is 6.60. The number of carbonyl (C=O) groups excluding carboxylic acids is 3. The second-order valence-electron chi connectivity index (χ2n) is 6.93. The quantitative estimate of drug-likeness (QED) is 0.337. The molecular weight excluding hydrogens is 460 g/mol. The van der Waals surface area contributed by atoms with Crippen molar-refractivity contribution in [2.24, 2.45) is 5.73 Å². The summed E-state index contributed by atoms with van der Waals surface area (Å²) in [4.78, 5) is 47.9. The molecule has 2 aromatic rings. The van der Waals surface area contributed by atoms with E-state index < -0.39 is 43.5 Å². The molecule has 1 aromatic carbocycles. The Hall–Kier alpha value is -3.78. The van der Waals surface area contributed by atoms with Crippen LogP contribution in [0.15, 0.2) is 39.8 Å². The minimum atomic E-state index is -4.06. The lowest BCUT2D eigenvalue weighted by Crippen LogP contribution is -2.50. The molecule has 0 bridgehead atoms. The minimum Gasteiger partial charge on any atom is -0.462 e. The molecular formula is C19H20N4O9S. The first-order valence-electron chi connectivity index (χ1n) is 9.70. The largest absolute Gasteiger partial charge is 0.462 e. The highest BCUT2D eigenvalue weighted by molar-refractivity contribution is 7.89. The molecule has 1 aliphatic heterocycles. The number of carbonyl (C=O) groups is 3. The van der Waals surface area contributed by atoms with Crippen LogP contribution in [0.1, 0.15) is 38.2 Å². The van der Waals surface area contributed by atoms with Crippen molar-refractivity contribution in [3.63, 3.8) is 0 Å². The van der Waals surface area contributed by atoms with Gasteiger partial charge >= 0.3 is 5.97 Å². The van der Waals surface area contributed by atoms with Gasteiger partial charge in [-0.2, -0.15) is 4.31 Å². The minimum absolute atomic E-state index is 0.0150. The average Bonchev–Trinajstić information content (AvgIpc) is 3.30. The second kappa shape index (κ2) is 9.38. The van der Waals surface area contributed by atoms with E-state index in [2.05, 4.69) is 0 Å². The highest BCUT2D eigenvalue weighted by Gasteiger charge is 2.33. The number of sulfonamides is 1. The maximum atomic E-state index is 12.9. The molecule has 1 aliphatic rings. The molecule has 33 heavy (non-hydrogen) atoms. The van der Waals surface area contributed by atoms with Gasteiger partial charge in [0, 0.05) is 43.9 Å². The molecule has 0 atom stereocenters. The number of amides is 2. The topological polar surface area (TPSA) is 183 Å². The number of hydrogen-bond acceptors (Lipinski definition) is 9. The normalized spacial score (nSPS) is 14.6. The summed E-state index contributed by atoms with van der Waals surface area (Å²) in [6, 6.07) is 5.53. The van der Waals surface area contributed by atoms with Gasteiger partial charge in [-0.05, 0) is 25.1 Å². The molecule has 0 spiro atoms. The van der Waals surface area contributed by atoms with Gasteiger partial charge in [0.2, 0.25) is 5.09 Å². The van der Waals surface area contributed by atoms with Crippen molar-refractivity contribution in [2.75, 3.05) is 32.8 Å². The number of piperazine rings is 1. The van der Waals surface area contributed by atoms with Gasteiger partial charge in [-0.1, -0.05) is 0 Å². The molecule has 0 saturated carbocycles. The number of nitrogens with zero attached hydrogens (tertiary/aromatic N) is 3. The molecule has 176 valence electrons. The van der Waals surface area contributed by atoms with Gasteiger partial charge in [0.15, 0.2) is 5.76 Å². The number of nitro groups is 1. The van der Waals surface area contributed by atoms with E-state index in [0.29, 0.717) is 0 Å². The summed E-state index contributed by atoms with van der Waals surface area (Å²) in [7, 11) is -4.06. The Balaban J connectivity index is 1.76. The number of nitro benzene ring substituents is 1. The van der Waals surface area contributed by atoms with E-state index in [-0.39, 0.29) is 49.7 Å². The third kappa shape index (κ3) is 5.01. The Morgan fingerprint density at radius 3 is 2.30 bits per heavy atom. The summed E-state index contributed by atoms with van der Waals surface area (Å²) >= 11 is 0. The standard InChI is InChI=1S/C19H20N4O9S/c1-2-31-19(26)13-9-12(10-14(11-13)23(27)28)18(25)21-5-7-22(8-6-21)33(29,30)16-4-3-15(32-16)17(20)24/h3-4,9-11H,2,5-8H2,1H3,(H2,20,24).